The Morgan fingerprint density at radius 3 is 1.30 bits per heavy atom. The number of carboxylic acid groups (broad SMARTS) is 1. The van der Waals surface area contributed by atoms with Gasteiger partial charge in [0, 0.05) is 12.8 Å². The highest BCUT2D eigenvalue weighted by atomic mass is 31.2. The predicted molar refractivity (Wildman–Crippen MR) is 226 cm³/mol. The van der Waals surface area contributed by atoms with Crippen LogP contribution in [0.3, 0.4) is 0 Å². The maximum absolute atomic E-state index is 12.6. The molecule has 0 radical (unpaired) electrons. The summed E-state index contributed by atoms with van der Waals surface area (Å²) in [6, 6.07) is -1.52. The first-order valence-electron chi connectivity index (χ1n) is 22.7. The number of hydrogen-bond acceptors (Lipinski definition) is 9. The van der Waals surface area contributed by atoms with Crippen LogP contribution in [0.5, 0.6) is 0 Å². The molecule has 0 aromatic heterocycles. The van der Waals surface area contributed by atoms with E-state index in [4.69, 9.17) is 24.8 Å². The first kappa shape index (κ1) is 54.2. The Balaban J connectivity index is 4.32. The van der Waals surface area contributed by atoms with Crippen molar-refractivity contribution in [2.24, 2.45) is 5.73 Å². The molecule has 0 bridgehead atoms. The number of aliphatic carboxylic acids is 1. The zero-order chi connectivity index (χ0) is 41.4. The van der Waals surface area contributed by atoms with Gasteiger partial charge >= 0.3 is 25.7 Å². The van der Waals surface area contributed by atoms with Crippen LogP contribution in [0.15, 0.2) is 12.2 Å². The summed E-state index contributed by atoms with van der Waals surface area (Å²) in [5.74, 6) is -2.37. The molecule has 0 aromatic carbocycles. The van der Waals surface area contributed by atoms with Crippen molar-refractivity contribution in [3.8, 4) is 0 Å². The van der Waals surface area contributed by atoms with E-state index in [1.54, 1.807) is 0 Å². The third-order valence-electron chi connectivity index (χ3n) is 10.0. The van der Waals surface area contributed by atoms with Crippen molar-refractivity contribution in [1.82, 2.24) is 0 Å². The summed E-state index contributed by atoms with van der Waals surface area (Å²) < 4.78 is 32.7. The van der Waals surface area contributed by atoms with Crippen molar-refractivity contribution < 1.29 is 47.5 Å². The number of esters is 2. The van der Waals surface area contributed by atoms with Crippen molar-refractivity contribution in [3.63, 3.8) is 0 Å². The second-order valence-electron chi connectivity index (χ2n) is 15.5. The van der Waals surface area contributed by atoms with E-state index in [0.717, 1.165) is 57.8 Å². The molecule has 0 amide bonds. The van der Waals surface area contributed by atoms with Crippen LogP contribution in [-0.4, -0.2) is 59.9 Å². The summed E-state index contributed by atoms with van der Waals surface area (Å²) in [5, 5.41) is 8.89. The number of carbonyl (C=O) groups excluding carboxylic acids is 2. The summed E-state index contributed by atoms with van der Waals surface area (Å²) in [7, 11) is -4.71. The average Bonchev–Trinajstić information content (AvgIpc) is 3.17. The summed E-state index contributed by atoms with van der Waals surface area (Å²) >= 11 is 0. The zero-order valence-electron chi connectivity index (χ0n) is 35.7. The molecule has 0 aliphatic rings. The Hall–Kier alpha value is -1.78. The SMILES string of the molecule is CCCCCCCCC/C=C\CCCCCCCC(=O)OC[C@H](COP(=O)(O)OC[C@H](N)C(=O)O)OC(=O)CCCCCCCCCCCCCCCCCC. The van der Waals surface area contributed by atoms with Gasteiger partial charge < -0.3 is 25.2 Å². The molecule has 0 aliphatic heterocycles. The number of hydrogen-bond donors (Lipinski definition) is 3. The van der Waals surface area contributed by atoms with E-state index >= 15 is 0 Å². The van der Waals surface area contributed by atoms with Crippen molar-refractivity contribution >= 4 is 25.7 Å². The van der Waals surface area contributed by atoms with Crippen molar-refractivity contribution in [2.45, 2.75) is 231 Å². The number of carboxylic acids is 1. The molecule has 0 aliphatic carbocycles. The molecule has 1 unspecified atom stereocenters. The van der Waals surface area contributed by atoms with Gasteiger partial charge in [0.2, 0.25) is 0 Å². The van der Waals surface area contributed by atoms with E-state index in [2.05, 4.69) is 30.5 Å². The Morgan fingerprint density at radius 2 is 0.893 bits per heavy atom. The maximum atomic E-state index is 12.6. The van der Waals surface area contributed by atoms with E-state index < -0.39 is 51.1 Å². The first-order chi connectivity index (χ1) is 27.1. The molecule has 12 heteroatoms. The van der Waals surface area contributed by atoms with E-state index in [1.807, 2.05) is 0 Å². The highest BCUT2D eigenvalue weighted by Crippen LogP contribution is 2.43. The second kappa shape index (κ2) is 40.0. The van der Waals surface area contributed by atoms with Gasteiger partial charge in [-0.05, 0) is 38.5 Å². The Labute approximate surface area is 341 Å². The summed E-state index contributed by atoms with van der Waals surface area (Å²) in [6.45, 7) is 2.82. The van der Waals surface area contributed by atoms with Gasteiger partial charge in [-0.3, -0.25) is 23.4 Å². The van der Waals surface area contributed by atoms with Gasteiger partial charge in [-0.2, -0.15) is 0 Å². The van der Waals surface area contributed by atoms with Gasteiger partial charge in [-0.25, -0.2) is 4.57 Å². The van der Waals surface area contributed by atoms with E-state index in [9.17, 15) is 23.8 Å². The molecule has 0 spiro atoms. The van der Waals surface area contributed by atoms with Gasteiger partial charge in [0.05, 0.1) is 13.2 Å². The zero-order valence-corrected chi connectivity index (χ0v) is 36.6. The molecular formula is C44H84NO10P. The van der Waals surface area contributed by atoms with E-state index in [0.29, 0.717) is 12.8 Å². The number of phosphoric acid groups is 1. The van der Waals surface area contributed by atoms with Crippen LogP contribution in [0.4, 0.5) is 0 Å². The minimum atomic E-state index is -4.71. The lowest BCUT2D eigenvalue weighted by Crippen LogP contribution is -2.34. The minimum Gasteiger partial charge on any atom is -0.480 e. The Bertz CT molecular complexity index is 1010. The summed E-state index contributed by atoms with van der Waals surface area (Å²) in [5.41, 5.74) is 5.34. The normalized spacial score (nSPS) is 13.8. The number of carbonyl (C=O) groups is 3. The second-order valence-corrected chi connectivity index (χ2v) is 17.0. The highest BCUT2D eigenvalue weighted by molar-refractivity contribution is 7.47. The summed E-state index contributed by atoms with van der Waals surface area (Å²) in [4.78, 5) is 46.0. The Kier molecular flexibility index (Phi) is 38.7. The van der Waals surface area contributed by atoms with E-state index in [1.165, 1.54) is 122 Å². The molecule has 330 valence electrons. The van der Waals surface area contributed by atoms with Crippen LogP contribution in [0.25, 0.3) is 0 Å². The van der Waals surface area contributed by atoms with Crippen LogP contribution in [0, 0.1) is 0 Å². The highest BCUT2D eigenvalue weighted by Gasteiger charge is 2.28. The van der Waals surface area contributed by atoms with Crippen molar-refractivity contribution in [3.05, 3.63) is 12.2 Å². The first-order valence-corrected chi connectivity index (χ1v) is 24.2. The summed E-state index contributed by atoms with van der Waals surface area (Å²) in [6.07, 6.45) is 39.8. The molecule has 4 N–H and O–H groups in total. The van der Waals surface area contributed by atoms with Gasteiger partial charge in [-0.1, -0.05) is 180 Å². The molecule has 0 rings (SSSR count). The van der Waals surface area contributed by atoms with Crippen LogP contribution in [0.2, 0.25) is 0 Å². The monoisotopic (exact) mass is 818 g/mol. The quantitative estimate of drug-likeness (QED) is 0.0231. The molecule has 3 atom stereocenters. The number of ether oxygens (including phenoxy) is 2. The molecule has 0 fully saturated rings. The number of nitrogens with two attached hydrogens (primary N) is 1. The molecule has 0 saturated carbocycles. The number of unbranched alkanes of at least 4 members (excludes halogenated alkanes) is 27. The predicted octanol–water partition coefficient (Wildman–Crippen LogP) is 12.1. The number of phosphoric ester groups is 1. The maximum Gasteiger partial charge on any atom is 0.472 e. The third-order valence-corrected chi connectivity index (χ3v) is 11.0. The smallest absolute Gasteiger partial charge is 0.472 e. The van der Waals surface area contributed by atoms with Gasteiger partial charge in [0.25, 0.3) is 0 Å². The minimum absolute atomic E-state index is 0.165. The number of rotatable bonds is 43. The van der Waals surface area contributed by atoms with Crippen LogP contribution in [0.1, 0.15) is 219 Å². The lowest BCUT2D eigenvalue weighted by atomic mass is 10.0. The molecule has 11 nitrogen and oxygen atoms in total. The van der Waals surface area contributed by atoms with Gasteiger partial charge in [-0.15, -0.1) is 0 Å². The standard InChI is InChI=1S/C44H84NO10P/c1-3-5-7-9-11-13-15-17-19-21-23-25-27-29-31-33-35-42(46)52-37-40(38-53-56(50,51)54-39-41(45)44(48)49)55-43(47)36-34-32-30-28-26-24-22-20-18-16-14-12-10-8-6-4-2/h19,21,40-41H,3-18,20,22-39,45H2,1-2H3,(H,48,49)(H,50,51)/b21-19-/t40-,41+/m1/s1. The van der Waals surface area contributed by atoms with Crippen LogP contribution >= 0.6 is 7.82 Å². The average molecular weight is 818 g/mol. The molecule has 56 heavy (non-hydrogen) atoms. The molecule has 0 aromatic rings. The van der Waals surface area contributed by atoms with Crippen LogP contribution in [-0.2, 0) is 37.5 Å². The van der Waals surface area contributed by atoms with Gasteiger partial charge in [0.15, 0.2) is 6.10 Å². The number of allylic oxidation sites excluding steroid dienone is 2. The largest absolute Gasteiger partial charge is 0.480 e. The van der Waals surface area contributed by atoms with Crippen molar-refractivity contribution in [1.29, 1.82) is 0 Å². The van der Waals surface area contributed by atoms with Gasteiger partial charge in [0.1, 0.15) is 12.6 Å². The fourth-order valence-corrected chi connectivity index (χ4v) is 7.19. The molecule has 0 heterocycles. The van der Waals surface area contributed by atoms with Crippen molar-refractivity contribution in [2.75, 3.05) is 19.8 Å². The van der Waals surface area contributed by atoms with Crippen LogP contribution < -0.4 is 5.73 Å². The topological polar surface area (TPSA) is 172 Å². The molecule has 0 saturated heterocycles. The lowest BCUT2D eigenvalue weighted by Gasteiger charge is -2.20. The molecular weight excluding hydrogens is 733 g/mol. The lowest BCUT2D eigenvalue weighted by molar-refractivity contribution is -0.161. The third kappa shape index (κ3) is 39.1. The Morgan fingerprint density at radius 1 is 0.536 bits per heavy atom. The fourth-order valence-electron chi connectivity index (χ4n) is 6.41. The van der Waals surface area contributed by atoms with E-state index in [-0.39, 0.29) is 19.4 Å². The fraction of sp³-hybridized carbons (Fsp3) is 0.886.